The van der Waals surface area contributed by atoms with E-state index in [2.05, 4.69) is 4.18 Å². The molecule has 4 nitrogen and oxygen atoms in total. The summed E-state index contributed by atoms with van der Waals surface area (Å²) in [6, 6.07) is 0. The van der Waals surface area contributed by atoms with Crippen molar-refractivity contribution >= 4 is 10.4 Å². The molecule has 0 bridgehead atoms. The third kappa shape index (κ3) is 10.9. The topological polar surface area (TPSA) is 66.4 Å². The van der Waals surface area contributed by atoms with Crippen LogP contribution in [0.3, 0.4) is 0 Å². The van der Waals surface area contributed by atoms with Crippen LogP contribution >= 0.6 is 0 Å². The van der Waals surface area contributed by atoms with Crippen molar-refractivity contribution in [3.05, 3.63) is 0 Å². The van der Waals surface area contributed by atoms with Crippen LogP contribution in [0.1, 0.15) is 26.7 Å². The van der Waals surface area contributed by atoms with Gasteiger partial charge >= 0.3 is 29.6 Å². The van der Waals surface area contributed by atoms with Gasteiger partial charge in [0.15, 0.2) is 0 Å². The molecule has 0 rings (SSSR count). The molecule has 0 fully saturated rings. The van der Waals surface area contributed by atoms with Crippen molar-refractivity contribution in [2.24, 2.45) is 0 Å². The zero-order valence-electron chi connectivity index (χ0n) is 7.03. The van der Waals surface area contributed by atoms with Gasteiger partial charge in [0, 0.05) is 0 Å². The van der Waals surface area contributed by atoms with Crippen molar-refractivity contribution in [3.8, 4) is 0 Å². The Kier molecular flexibility index (Phi) is 8.37. The van der Waals surface area contributed by atoms with Gasteiger partial charge in [0.05, 0.1) is 6.10 Å². The molecule has 0 saturated heterocycles. The average Bonchev–Trinajstić information content (AvgIpc) is 1.59. The van der Waals surface area contributed by atoms with Gasteiger partial charge in [-0.15, -0.1) is 0 Å². The normalized spacial score (nSPS) is 13.7. The first-order valence-electron chi connectivity index (χ1n) is 3.10. The average molecular weight is 190 g/mol. The Balaban J connectivity index is 0. The summed E-state index contributed by atoms with van der Waals surface area (Å²) in [5.74, 6) is 0. The smallest absolute Gasteiger partial charge is 0.726 e. The molecule has 1 unspecified atom stereocenters. The van der Waals surface area contributed by atoms with E-state index in [0.717, 1.165) is 6.42 Å². The van der Waals surface area contributed by atoms with Crippen molar-refractivity contribution in [2.45, 2.75) is 32.8 Å². The van der Waals surface area contributed by atoms with E-state index in [1.165, 1.54) is 0 Å². The van der Waals surface area contributed by atoms with Gasteiger partial charge < -0.3 is 4.55 Å². The molecule has 0 N–H and O–H groups in total. The van der Waals surface area contributed by atoms with Crippen LogP contribution in [0.4, 0.5) is 0 Å². The van der Waals surface area contributed by atoms with E-state index in [1.54, 1.807) is 6.92 Å². The standard InChI is InChI=1S/C5H12O4S.Na/c1-3-4-5(2)9-10(6,7)8;/h5H,3-4H2,1-2H3,(H,6,7,8);/q;+1/p-1. The van der Waals surface area contributed by atoms with Crippen molar-refractivity contribution in [2.75, 3.05) is 0 Å². The molecule has 1 atom stereocenters. The van der Waals surface area contributed by atoms with Gasteiger partial charge in [-0.3, -0.25) is 4.18 Å². The maximum absolute atomic E-state index is 9.94. The van der Waals surface area contributed by atoms with Crippen LogP contribution in [0.25, 0.3) is 0 Å². The second-order valence-electron chi connectivity index (χ2n) is 2.10. The van der Waals surface area contributed by atoms with Crippen LogP contribution in [-0.4, -0.2) is 19.1 Å². The second kappa shape index (κ2) is 6.39. The Bertz CT molecular complexity index is 177. The van der Waals surface area contributed by atoms with Crippen molar-refractivity contribution < 1.29 is 46.7 Å². The van der Waals surface area contributed by atoms with Crippen LogP contribution < -0.4 is 29.6 Å². The van der Waals surface area contributed by atoms with Gasteiger partial charge in [-0.2, -0.15) is 0 Å². The Hall–Kier alpha value is 0.870. The fourth-order valence-electron chi connectivity index (χ4n) is 0.656. The van der Waals surface area contributed by atoms with Gasteiger partial charge in [-0.1, -0.05) is 13.3 Å². The van der Waals surface area contributed by atoms with E-state index in [9.17, 15) is 13.0 Å². The molecule has 0 spiro atoms. The van der Waals surface area contributed by atoms with Gasteiger partial charge in [0.25, 0.3) is 0 Å². The SMILES string of the molecule is CCCC(C)OS(=O)(=O)[O-].[Na+]. The molecule has 62 valence electrons. The Morgan fingerprint density at radius 3 is 2.27 bits per heavy atom. The van der Waals surface area contributed by atoms with Gasteiger partial charge in [0.1, 0.15) is 0 Å². The maximum atomic E-state index is 9.94. The Morgan fingerprint density at radius 1 is 1.55 bits per heavy atom. The molecule has 6 heteroatoms. The zero-order chi connectivity index (χ0) is 8.20. The summed E-state index contributed by atoms with van der Waals surface area (Å²) in [5, 5.41) is 0. The molecule has 0 heterocycles. The molecular formula is C5H11NaO4S. The van der Waals surface area contributed by atoms with Crippen molar-refractivity contribution in [3.63, 3.8) is 0 Å². The summed E-state index contributed by atoms with van der Waals surface area (Å²) in [6.45, 7) is 3.44. The molecule has 0 aromatic rings. The minimum atomic E-state index is -4.50. The van der Waals surface area contributed by atoms with E-state index < -0.39 is 16.5 Å². The Morgan fingerprint density at radius 2 is 2.00 bits per heavy atom. The predicted molar refractivity (Wildman–Crippen MR) is 35.2 cm³/mol. The van der Waals surface area contributed by atoms with E-state index in [0.29, 0.717) is 6.42 Å². The first-order valence-corrected chi connectivity index (χ1v) is 4.43. The van der Waals surface area contributed by atoms with Gasteiger partial charge in [-0.05, 0) is 13.3 Å². The summed E-state index contributed by atoms with van der Waals surface area (Å²) in [7, 11) is -4.50. The fraction of sp³-hybridized carbons (Fsp3) is 1.00. The third-order valence-corrected chi connectivity index (χ3v) is 1.54. The van der Waals surface area contributed by atoms with Crippen LogP contribution in [0, 0.1) is 0 Å². The number of hydrogen-bond donors (Lipinski definition) is 0. The van der Waals surface area contributed by atoms with E-state index in [-0.39, 0.29) is 29.6 Å². The zero-order valence-corrected chi connectivity index (χ0v) is 9.85. The summed E-state index contributed by atoms with van der Waals surface area (Å²) < 4.78 is 33.9. The molecular weight excluding hydrogens is 179 g/mol. The third-order valence-electron chi connectivity index (χ3n) is 0.977. The fourth-order valence-corrected chi connectivity index (χ4v) is 1.15. The maximum Gasteiger partial charge on any atom is 1.00 e. The van der Waals surface area contributed by atoms with Crippen molar-refractivity contribution in [1.82, 2.24) is 0 Å². The van der Waals surface area contributed by atoms with Crippen LogP contribution in [0.5, 0.6) is 0 Å². The van der Waals surface area contributed by atoms with E-state index in [4.69, 9.17) is 0 Å². The second-order valence-corrected chi connectivity index (χ2v) is 3.11. The number of rotatable bonds is 4. The van der Waals surface area contributed by atoms with Crippen LogP contribution in [0.2, 0.25) is 0 Å². The molecule has 0 aromatic heterocycles. The molecule has 0 radical (unpaired) electrons. The monoisotopic (exact) mass is 190 g/mol. The molecule has 0 aliphatic heterocycles. The molecule has 0 aliphatic carbocycles. The summed E-state index contributed by atoms with van der Waals surface area (Å²) in [6.07, 6.45) is 0.894. The number of hydrogen-bond acceptors (Lipinski definition) is 4. The molecule has 0 aromatic carbocycles. The quantitative estimate of drug-likeness (QED) is 0.283. The van der Waals surface area contributed by atoms with E-state index in [1.807, 2.05) is 6.92 Å². The largest absolute Gasteiger partial charge is 1.00 e. The van der Waals surface area contributed by atoms with E-state index >= 15 is 0 Å². The first-order chi connectivity index (χ1) is 4.45. The summed E-state index contributed by atoms with van der Waals surface area (Å²) >= 11 is 0. The van der Waals surface area contributed by atoms with Crippen LogP contribution in [-0.2, 0) is 14.6 Å². The van der Waals surface area contributed by atoms with Crippen molar-refractivity contribution in [1.29, 1.82) is 0 Å². The summed E-state index contributed by atoms with van der Waals surface area (Å²) in [4.78, 5) is 0. The molecule has 0 aliphatic rings. The minimum absolute atomic E-state index is 0. The minimum Gasteiger partial charge on any atom is -0.726 e. The van der Waals surface area contributed by atoms with Gasteiger partial charge in [-0.25, -0.2) is 8.42 Å². The molecule has 0 saturated carbocycles. The summed E-state index contributed by atoms with van der Waals surface area (Å²) in [5.41, 5.74) is 0. The van der Waals surface area contributed by atoms with Crippen LogP contribution in [0.15, 0.2) is 0 Å². The Labute approximate surface area is 89.6 Å². The molecule has 0 amide bonds. The van der Waals surface area contributed by atoms with Gasteiger partial charge in [0.2, 0.25) is 10.4 Å². The first kappa shape index (κ1) is 14.4. The molecule has 11 heavy (non-hydrogen) atoms. The predicted octanol–water partition coefficient (Wildman–Crippen LogP) is -2.34.